The number of allylic oxidation sites excluding steroid dienone is 1. The molecule has 1 N–H and O–H groups in total. The zero-order chi connectivity index (χ0) is 13.7. The van der Waals surface area contributed by atoms with Crippen LogP contribution in [0.15, 0.2) is 46.2 Å². The first-order valence-corrected chi connectivity index (χ1v) is 7.91. The van der Waals surface area contributed by atoms with Crippen molar-refractivity contribution in [3.05, 3.63) is 55.9 Å². The lowest BCUT2D eigenvalue weighted by Crippen LogP contribution is -2.16. The monoisotopic (exact) mass is 299 g/mol. The number of thiophene rings is 2. The Kier molecular flexibility index (Phi) is 2.52. The van der Waals surface area contributed by atoms with Gasteiger partial charge in [-0.25, -0.2) is 0 Å². The Hall–Kier alpha value is -1.98. The molecule has 98 valence electrons. The van der Waals surface area contributed by atoms with E-state index in [-0.39, 0.29) is 11.7 Å². The van der Waals surface area contributed by atoms with E-state index in [0.717, 1.165) is 15.3 Å². The Morgan fingerprint density at radius 3 is 2.30 bits per heavy atom. The molecule has 4 rings (SSSR count). The molecular weight excluding hydrogens is 290 g/mol. The first-order valence-electron chi connectivity index (χ1n) is 6.16. The van der Waals surface area contributed by atoms with Crippen molar-refractivity contribution in [1.29, 1.82) is 0 Å². The smallest absolute Gasteiger partial charge is 0.256 e. The molecule has 3 heterocycles. The predicted octanol–water partition coefficient (Wildman–Crippen LogP) is 3.08. The summed E-state index contributed by atoms with van der Waals surface area (Å²) in [6, 6.07) is 7.74. The highest BCUT2D eigenvalue weighted by atomic mass is 32.1. The van der Waals surface area contributed by atoms with Crippen molar-refractivity contribution in [3.8, 4) is 0 Å². The number of fused-ring (bicyclic) bond motifs is 1. The number of nitrogens with one attached hydrogen (secondary N) is 1. The molecule has 0 spiro atoms. The van der Waals surface area contributed by atoms with Crippen LogP contribution in [0.5, 0.6) is 0 Å². The van der Waals surface area contributed by atoms with Crippen molar-refractivity contribution < 1.29 is 9.59 Å². The molecule has 2 aromatic heterocycles. The summed E-state index contributed by atoms with van der Waals surface area (Å²) in [5.74, 6) is -0.122. The van der Waals surface area contributed by atoms with Gasteiger partial charge in [0.25, 0.3) is 5.91 Å². The molecule has 1 amide bonds. The Labute approximate surface area is 123 Å². The van der Waals surface area contributed by atoms with Crippen LogP contribution in [0.1, 0.15) is 16.2 Å². The van der Waals surface area contributed by atoms with Crippen molar-refractivity contribution in [2.45, 2.75) is 6.42 Å². The molecule has 0 atom stereocenters. The fourth-order valence-corrected chi connectivity index (χ4v) is 4.16. The molecule has 2 aliphatic rings. The van der Waals surface area contributed by atoms with Gasteiger partial charge in [-0.15, -0.1) is 22.7 Å². The van der Waals surface area contributed by atoms with Gasteiger partial charge in [0, 0.05) is 11.3 Å². The van der Waals surface area contributed by atoms with Gasteiger partial charge in [0.05, 0.1) is 21.7 Å². The molecule has 2 aromatic rings. The fourth-order valence-electron chi connectivity index (χ4n) is 2.65. The molecule has 20 heavy (non-hydrogen) atoms. The molecule has 5 heteroatoms. The molecule has 0 saturated carbocycles. The third-order valence-electron chi connectivity index (χ3n) is 3.47. The molecule has 0 bridgehead atoms. The van der Waals surface area contributed by atoms with Gasteiger partial charge in [-0.05, 0) is 28.5 Å². The Morgan fingerprint density at radius 2 is 1.65 bits per heavy atom. The normalized spacial score (nSPS) is 18.0. The predicted molar refractivity (Wildman–Crippen MR) is 80.2 cm³/mol. The van der Waals surface area contributed by atoms with Crippen LogP contribution in [0.3, 0.4) is 0 Å². The summed E-state index contributed by atoms with van der Waals surface area (Å²) in [7, 11) is 0. The molecule has 1 aliphatic heterocycles. The van der Waals surface area contributed by atoms with E-state index in [1.54, 1.807) is 11.3 Å². The topological polar surface area (TPSA) is 46.2 Å². The van der Waals surface area contributed by atoms with Gasteiger partial charge >= 0.3 is 0 Å². The molecule has 0 saturated heterocycles. The molecule has 3 nitrogen and oxygen atoms in total. The summed E-state index contributed by atoms with van der Waals surface area (Å²) in [5, 5.41) is 6.76. The van der Waals surface area contributed by atoms with Crippen LogP contribution in [-0.4, -0.2) is 11.7 Å². The van der Waals surface area contributed by atoms with E-state index in [0.29, 0.717) is 23.3 Å². The van der Waals surface area contributed by atoms with Gasteiger partial charge in [0.1, 0.15) is 0 Å². The van der Waals surface area contributed by atoms with E-state index < -0.39 is 0 Å². The fraction of sp³-hybridized carbons (Fsp3) is 0.0667. The maximum absolute atomic E-state index is 12.3. The first-order chi connectivity index (χ1) is 9.75. The van der Waals surface area contributed by atoms with Gasteiger partial charge in [0.2, 0.25) is 0 Å². The standard InChI is InChI=1S/C15H9NO2S2/c17-9-7-8(10-3-1-5-19-10)12-13(9)14(16-15(12)18)11-4-2-6-20-11/h1-6H,7H2,(H,16,18). The number of hydrogen-bond acceptors (Lipinski definition) is 4. The van der Waals surface area contributed by atoms with Crippen LogP contribution < -0.4 is 5.32 Å². The van der Waals surface area contributed by atoms with Crippen LogP contribution in [-0.2, 0) is 9.59 Å². The van der Waals surface area contributed by atoms with E-state index in [9.17, 15) is 9.59 Å². The minimum Gasteiger partial charge on any atom is -0.320 e. The third-order valence-corrected chi connectivity index (χ3v) is 5.29. The number of carbonyl (C=O) groups excluding carboxylic acids is 2. The average molecular weight is 299 g/mol. The van der Waals surface area contributed by atoms with Gasteiger partial charge in [-0.1, -0.05) is 12.1 Å². The van der Waals surface area contributed by atoms with E-state index in [1.165, 1.54) is 11.3 Å². The lowest BCUT2D eigenvalue weighted by Gasteiger charge is -2.02. The van der Waals surface area contributed by atoms with Crippen molar-refractivity contribution in [2.75, 3.05) is 0 Å². The van der Waals surface area contributed by atoms with Crippen LogP contribution >= 0.6 is 22.7 Å². The van der Waals surface area contributed by atoms with Crippen molar-refractivity contribution in [1.82, 2.24) is 5.32 Å². The number of Topliss-reactive ketones (excluding diaryl/α,β-unsaturated/α-hetero) is 1. The Morgan fingerprint density at radius 1 is 0.950 bits per heavy atom. The van der Waals surface area contributed by atoms with Crippen LogP contribution in [0.4, 0.5) is 0 Å². The first kappa shape index (κ1) is 11.8. The molecular formula is C15H9NO2S2. The number of carbonyl (C=O) groups is 2. The second kappa shape index (κ2) is 4.26. The van der Waals surface area contributed by atoms with Gasteiger partial charge in [-0.3, -0.25) is 9.59 Å². The summed E-state index contributed by atoms with van der Waals surface area (Å²) in [6.07, 6.45) is 0.327. The summed E-state index contributed by atoms with van der Waals surface area (Å²) < 4.78 is 0. The lowest BCUT2D eigenvalue weighted by molar-refractivity contribution is -0.116. The molecule has 0 fully saturated rings. The van der Waals surface area contributed by atoms with E-state index >= 15 is 0 Å². The lowest BCUT2D eigenvalue weighted by atomic mass is 10.1. The summed E-state index contributed by atoms with van der Waals surface area (Å²) in [6.45, 7) is 0. The van der Waals surface area contributed by atoms with Crippen molar-refractivity contribution in [2.24, 2.45) is 0 Å². The second-order valence-electron chi connectivity index (χ2n) is 4.61. The van der Waals surface area contributed by atoms with Gasteiger partial charge in [0.15, 0.2) is 5.78 Å². The SMILES string of the molecule is O=C1CC(c2cccs2)=C2C(=O)NC(c3cccs3)=C12. The number of ketones is 1. The Bertz CT molecular complexity index is 712. The Balaban J connectivity index is 1.95. The highest BCUT2D eigenvalue weighted by molar-refractivity contribution is 7.11. The largest absolute Gasteiger partial charge is 0.320 e. The van der Waals surface area contributed by atoms with Crippen LogP contribution in [0.2, 0.25) is 0 Å². The summed E-state index contributed by atoms with van der Waals surface area (Å²) >= 11 is 3.09. The molecule has 0 aromatic carbocycles. The van der Waals surface area contributed by atoms with Gasteiger partial charge in [-0.2, -0.15) is 0 Å². The quantitative estimate of drug-likeness (QED) is 0.926. The van der Waals surface area contributed by atoms with Crippen molar-refractivity contribution >= 4 is 45.6 Å². The maximum Gasteiger partial charge on any atom is 0.256 e. The van der Waals surface area contributed by atoms with E-state index in [4.69, 9.17) is 0 Å². The second-order valence-corrected chi connectivity index (χ2v) is 6.51. The average Bonchev–Trinajstić information content (AvgIpc) is 3.17. The third kappa shape index (κ3) is 1.57. The minimum absolute atomic E-state index is 0.0325. The zero-order valence-corrected chi connectivity index (χ0v) is 11.9. The minimum atomic E-state index is -0.155. The van der Waals surface area contributed by atoms with Gasteiger partial charge < -0.3 is 5.32 Å². The zero-order valence-electron chi connectivity index (χ0n) is 10.3. The molecule has 0 unspecified atom stereocenters. The maximum atomic E-state index is 12.3. The van der Waals surface area contributed by atoms with E-state index in [1.807, 2.05) is 35.0 Å². The number of hydrogen-bond donors (Lipinski definition) is 1. The van der Waals surface area contributed by atoms with Crippen molar-refractivity contribution in [3.63, 3.8) is 0 Å². The molecule has 1 aliphatic carbocycles. The number of rotatable bonds is 2. The molecule has 0 radical (unpaired) electrons. The van der Waals surface area contributed by atoms with E-state index in [2.05, 4.69) is 5.32 Å². The van der Waals surface area contributed by atoms with Crippen LogP contribution in [0, 0.1) is 0 Å². The van der Waals surface area contributed by atoms with Crippen LogP contribution in [0.25, 0.3) is 11.3 Å². The summed E-state index contributed by atoms with van der Waals surface area (Å²) in [5.41, 5.74) is 2.68. The number of amides is 1. The highest BCUT2D eigenvalue weighted by Gasteiger charge is 2.40. The highest BCUT2D eigenvalue weighted by Crippen LogP contribution is 2.43. The summed E-state index contributed by atoms with van der Waals surface area (Å²) in [4.78, 5) is 26.5.